The first kappa shape index (κ1) is 23.2. The first-order valence-corrected chi connectivity index (χ1v) is 12.2. The highest BCUT2D eigenvalue weighted by atomic mass is 16.5. The van der Waals surface area contributed by atoms with Crippen molar-refractivity contribution in [3.8, 4) is 17.0 Å². The van der Waals surface area contributed by atoms with Crippen LogP contribution >= 0.6 is 0 Å². The van der Waals surface area contributed by atoms with Gasteiger partial charge in [0.25, 0.3) is 0 Å². The van der Waals surface area contributed by atoms with Gasteiger partial charge in [-0.25, -0.2) is 9.78 Å². The van der Waals surface area contributed by atoms with E-state index in [-0.39, 0.29) is 23.6 Å². The number of rotatable bonds is 5. The zero-order valence-corrected chi connectivity index (χ0v) is 21.1. The predicted molar refractivity (Wildman–Crippen MR) is 133 cm³/mol. The zero-order valence-electron chi connectivity index (χ0n) is 21.1. The summed E-state index contributed by atoms with van der Waals surface area (Å²) in [7, 11) is 1.90. The van der Waals surface area contributed by atoms with Crippen LogP contribution in [0.2, 0.25) is 0 Å². The average Bonchev–Trinajstić information content (AvgIpc) is 3.56. The molecule has 2 aliphatic rings. The summed E-state index contributed by atoms with van der Waals surface area (Å²) in [5.41, 5.74) is 11.0. The summed E-state index contributed by atoms with van der Waals surface area (Å²) in [6, 6.07) is 4.19. The Morgan fingerprint density at radius 2 is 1.97 bits per heavy atom. The van der Waals surface area contributed by atoms with Crippen molar-refractivity contribution < 1.29 is 9.53 Å². The third-order valence-electron chi connectivity index (χ3n) is 7.22. The highest BCUT2D eigenvalue weighted by molar-refractivity contribution is 5.75. The Morgan fingerprint density at radius 3 is 2.69 bits per heavy atom. The number of carbonyl (C=O) groups excluding carboxylic acids is 1. The van der Waals surface area contributed by atoms with Crippen molar-refractivity contribution >= 4 is 11.8 Å². The third-order valence-corrected chi connectivity index (χ3v) is 7.22. The average molecular weight is 479 g/mol. The number of nitrogens with zero attached hydrogens (tertiary/aromatic N) is 6. The van der Waals surface area contributed by atoms with Crippen LogP contribution < -0.4 is 15.8 Å². The summed E-state index contributed by atoms with van der Waals surface area (Å²) < 4.78 is 10.1. The molecule has 35 heavy (non-hydrogen) atoms. The van der Waals surface area contributed by atoms with E-state index in [0.717, 1.165) is 48.4 Å². The quantitative estimate of drug-likeness (QED) is 0.582. The molecular weight excluding hydrogens is 444 g/mol. The predicted octanol–water partition coefficient (Wildman–Crippen LogP) is 3.17. The lowest BCUT2D eigenvalue weighted by molar-refractivity contribution is 0.203. The molecule has 2 atom stereocenters. The molecule has 1 fully saturated rings. The van der Waals surface area contributed by atoms with Crippen LogP contribution in [0.3, 0.4) is 0 Å². The van der Waals surface area contributed by atoms with Crippen molar-refractivity contribution in [2.45, 2.75) is 64.6 Å². The van der Waals surface area contributed by atoms with Gasteiger partial charge >= 0.3 is 6.03 Å². The van der Waals surface area contributed by atoms with Crippen LogP contribution in [0.4, 0.5) is 10.6 Å². The van der Waals surface area contributed by atoms with Gasteiger partial charge in [0.2, 0.25) is 0 Å². The number of aryl methyl sites for hydroxylation is 3. The second-order valence-corrected chi connectivity index (χ2v) is 10.1. The van der Waals surface area contributed by atoms with Gasteiger partial charge < -0.3 is 20.7 Å². The molecule has 0 bridgehead atoms. The highest BCUT2D eigenvalue weighted by Gasteiger charge is 2.47. The monoisotopic (exact) mass is 478 g/mol. The van der Waals surface area contributed by atoms with Crippen LogP contribution in [0.1, 0.15) is 56.7 Å². The molecule has 10 heteroatoms. The van der Waals surface area contributed by atoms with E-state index in [1.165, 1.54) is 5.69 Å². The third kappa shape index (κ3) is 4.11. The van der Waals surface area contributed by atoms with E-state index >= 15 is 0 Å². The number of nitrogens with one attached hydrogen (secondary N) is 1. The number of aromatic nitrogens is 5. The van der Waals surface area contributed by atoms with E-state index in [2.05, 4.69) is 26.1 Å². The maximum absolute atomic E-state index is 12.6. The number of amides is 2. The summed E-state index contributed by atoms with van der Waals surface area (Å²) in [5.74, 6) is 0.863. The standard InChI is InChI=1S/C25H34N8O2/c1-15(2)29-24(34)32-8-6-25(14-32)7-9-33-21(25)11-19(30-33)18-10-20(23(26)27-13-18)35-17(4)22-16(3)12-28-31(22)5/h10-13,15,17H,6-9,14H2,1-5H3,(H2,26,27)(H,29,34)/t17?,25-/m1/s1. The van der Waals surface area contributed by atoms with Crippen LogP contribution in [0, 0.1) is 6.92 Å². The van der Waals surface area contributed by atoms with Crippen LogP contribution in [0.15, 0.2) is 24.5 Å². The molecule has 1 spiro atoms. The SMILES string of the molecule is Cc1cnn(C)c1C(C)Oc1cc(-c2cc3n(n2)CC[C@@]32CCN(C(=O)NC(C)C)C2)cnc1N. The van der Waals surface area contributed by atoms with Gasteiger partial charge in [0.15, 0.2) is 11.6 Å². The van der Waals surface area contributed by atoms with Gasteiger partial charge in [0.1, 0.15) is 6.10 Å². The number of anilines is 1. The lowest BCUT2D eigenvalue weighted by Crippen LogP contribution is -2.43. The Kier molecular flexibility index (Phi) is 5.69. The fourth-order valence-corrected chi connectivity index (χ4v) is 5.48. The van der Waals surface area contributed by atoms with Gasteiger partial charge in [0, 0.05) is 55.6 Å². The lowest BCUT2D eigenvalue weighted by Gasteiger charge is -2.24. The normalized spacial score (nSPS) is 20.0. The Labute approximate surface area is 205 Å². The number of nitrogen functional groups attached to an aromatic ring is 1. The van der Waals surface area contributed by atoms with E-state index in [4.69, 9.17) is 15.6 Å². The molecule has 3 aromatic rings. The van der Waals surface area contributed by atoms with E-state index in [9.17, 15) is 4.79 Å². The van der Waals surface area contributed by atoms with Gasteiger partial charge in [-0.3, -0.25) is 9.36 Å². The van der Waals surface area contributed by atoms with Gasteiger partial charge in [-0.15, -0.1) is 0 Å². The molecule has 2 amide bonds. The van der Waals surface area contributed by atoms with E-state index in [0.29, 0.717) is 18.1 Å². The highest BCUT2D eigenvalue weighted by Crippen LogP contribution is 2.44. The van der Waals surface area contributed by atoms with Gasteiger partial charge in [-0.1, -0.05) is 0 Å². The van der Waals surface area contributed by atoms with E-state index in [1.807, 2.05) is 56.6 Å². The first-order valence-electron chi connectivity index (χ1n) is 12.2. The lowest BCUT2D eigenvalue weighted by atomic mass is 9.82. The molecule has 10 nitrogen and oxygen atoms in total. The fraction of sp³-hybridized carbons (Fsp3) is 0.520. The van der Waals surface area contributed by atoms with Crippen molar-refractivity contribution in [2.75, 3.05) is 18.8 Å². The molecule has 0 radical (unpaired) electrons. The van der Waals surface area contributed by atoms with Crippen molar-refractivity contribution in [3.63, 3.8) is 0 Å². The number of urea groups is 1. The molecule has 3 N–H and O–H groups in total. The largest absolute Gasteiger partial charge is 0.481 e. The summed E-state index contributed by atoms with van der Waals surface area (Å²) in [6.45, 7) is 10.3. The molecule has 0 aliphatic carbocycles. The minimum atomic E-state index is -0.237. The van der Waals surface area contributed by atoms with Crippen molar-refractivity contribution in [2.24, 2.45) is 7.05 Å². The molecular formula is C25H34N8O2. The van der Waals surface area contributed by atoms with Gasteiger partial charge in [-0.05, 0) is 58.2 Å². The van der Waals surface area contributed by atoms with E-state index in [1.54, 1.807) is 6.20 Å². The number of hydrogen-bond acceptors (Lipinski definition) is 6. The Morgan fingerprint density at radius 1 is 1.20 bits per heavy atom. The summed E-state index contributed by atoms with van der Waals surface area (Å²) in [4.78, 5) is 18.9. The Hall–Kier alpha value is -3.56. The zero-order chi connectivity index (χ0) is 24.9. The second kappa shape index (κ2) is 8.58. The number of hydrogen-bond donors (Lipinski definition) is 2. The van der Waals surface area contributed by atoms with Crippen molar-refractivity contribution in [3.05, 3.63) is 41.5 Å². The molecule has 0 aromatic carbocycles. The van der Waals surface area contributed by atoms with Crippen LogP contribution in [0.25, 0.3) is 11.3 Å². The summed E-state index contributed by atoms with van der Waals surface area (Å²) in [5, 5.41) is 12.2. The van der Waals surface area contributed by atoms with Crippen LogP contribution in [-0.2, 0) is 19.0 Å². The smallest absolute Gasteiger partial charge is 0.317 e. The molecule has 1 unspecified atom stereocenters. The van der Waals surface area contributed by atoms with Gasteiger partial charge in [0.05, 0.1) is 17.6 Å². The van der Waals surface area contributed by atoms with Crippen molar-refractivity contribution in [1.29, 1.82) is 0 Å². The fourth-order valence-electron chi connectivity index (χ4n) is 5.48. The minimum Gasteiger partial charge on any atom is -0.481 e. The molecule has 1 saturated heterocycles. The Bertz CT molecular complexity index is 1240. The summed E-state index contributed by atoms with van der Waals surface area (Å²) >= 11 is 0. The molecule has 5 heterocycles. The molecule has 5 rings (SSSR count). The molecule has 3 aromatic heterocycles. The first-order chi connectivity index (χ1) is 16.7. The van der Waals surface area contributed by atoms with E-state index < -0.39 is 0 Å². The minimum absolute atomic E-state index is 0.0115. The van der Waals surface area contributed by atoms with Gasteiger partial charge in [-0.2, -0.15) is 10.2 Å². The number of carbonyl (C=O) groups is 1. The van der Waals surface area contributed by atoms with Crippen molar-refractivity contribution in [1.82, 2.24) is 34.8 Å². The topological polar surface area (TPSA) is 116 Å². The Balaban J connectivity index is 1.38. The molecule has 0 saturated carbocycles. The van der Waals surface area contributed by atoms with Crippen LogP contribution in [-0.4, -0.2) is 54.6 Å². The summed E-state index contributed by atoms with van der Waals surface area (Å²) in [6.07, 6.45) is 5.27. The number of fused-ring (bicyclic) bond motifs is 2. The number of ether oxygens (including phenoxy) is 1. The number of likely N-dealkylation sites (tertiary alicyclic amines) is 1. The maximum Gasteiger partial charge on any atom is 0.317 e. The van der Waals surface area contributed by atoms with Crippen LogP contribution in [0.5, 0.6) is 5.75 Å². The molecule has 186 valence electrons. The number of nitrogens with two attached hydrogens (primary N) is 1. The molecule has 2 aliphatic heterocycles. The second-order valence-electron chi connectivity index (χ2n) is 10.1. The number of pyridine rings is 1. The maximum atomic E-state index is 12.6.